The van der Waals surface area contributed by atoms with Crippen molar-refractivity contribution in [1.82, 2.24) is 24.9 Å². The van der Waals surface area contributed by atoms with Gasteiger partial charge < -0.3 is 10.1 Å². The molecule has 0 amide bonds. The Morgan fingerprint density at radius 1 is 1.44 bits per heavy atom. The fourth-order valence-electron chi connectivity index (χ4n) is 2.11. The predicted molar refractivity (Wildman–Crippen MR) is 57.2 cm³/mol. The van der Waals surface area contributed by atoms with Crippen molar-refractivity contribution in [3.8, 4) is 0 Å². The summed E-state index contributed by atoms with van der Waals surface area (Å²) >= 11 is 0. The molecule has 0 saturated carbocycles. The first-order chi connectivity index (χ1) is 7.90. The van der Waals surface area contributed by atoms with Crippen LogP contribution in [0.3, 0.4) is 0 Å². The van der Waals surface area contributed by atoms with Crippen LogP contribution >= 0.6 is 0 Å². The van der Waals surface area contributed by atoms with E-state index in [2.05, 4.69) is 20.5 Å². The molecule has 6 heteroatoms. The summed E-state index contributed by atoms with van der Waals surface area (Å²) in [5, 5.41) is 11.6. The zero-order valence-electron chi connectivity index (χ0n) is 9.00. The molecule has 1 aliphatic rings. The highest BCUT2D eigenvalue weighted by molar-refractivity contribution is 5.36. The Hall–Kier alpha value is -1.53. The lowest BCUT2D eigenvalue weighted by atomic mass is 10.0. The maximum absolute atomic E-state index is 5.47. The second kappa shape index (κ2) is 3.80. The highest BCUT2D eigenvalue weighted by atomic mass is 16.5. The van der Waals surface area contributed by atoms with E-state index >= 15 is 0 Å². The van der Waals surface area contributed by atoms with E-state index in [9.17, 15) is 0 Å². The lowest BCUT2D eigenvalue weighted by Crippen LogP contribution is -2.32. The number of nitrogens with one attached hydrogen (secondary N) is 1. The number of rotatable bonds is 2. The van der Waals surface area contributed by atoms with Crippen LogP contribution in [0.4, 0.5) is 0 Å². The van der Waals surface area contributed by atoms with E-state index in [-0.39, 0.29) is 5.92 Å². The van der Waals surface area contributed by atoms with Crippen LogP contribution < -0.4 is 5.32 Å². The average molecular weight is 219 g/mol. The molecular formula is C10H13N5O. The molecule has 1 saturated heterocycles. The van der Waals surface area contributed by atoms with Gasteiger partial charge in [-0.3, -0.25) is 4.40 Å². The Balaban J connectivity index is 2.05. The Labute approximate surface area is 92.7 Å². The van der Waals surface area contributed by atoms with E-state index in [0.717, 1.165) is 18.1 Å². The van der Waals surface area contributed by atoms with Crippen LogP contribution in [0.2, 0.25) is 0 Å². The monoisotopic (exact) mass is 219 g/mol. The Kier molecular flexibility index (Phi) is 2.30. The maximum Gasteiger partial charge on any atom is 0.163 e. The van der Waals surface area contributed by atoms with Crippen LogP contribution in [0.25, 0.3) is 5.65 Å². The molecule has 1 aliphatic heterocycles. The van der Waals surface area contributed by atoms with Gasteiger partial charge in [0, 0.05) is 18.3 Å². The van der Waals surface area contributed by atoms with E-state index in [4.69, 9.17) is 4.74 Å². The third-order valence-electron chi connectivity index (χ3n) is 3.02. The minimum Gasteiger partial charge on any atom is -0.379 e. The van der Waals surface area contributed by atoms with Crippen molar-refractivity contribution in [3.63, 3.8) is 0 Å². The first-order valence-corrected chi connectivity index (χ1v) is 5.30. The molecule has 2 unspecified atom stereocenters. The summed E-state index contributed by atoms with van der Waals surface area (Å²) in [6.07, 6.45) is 3.46. The minimum absolute atomic E-state index is 0.240. The molecule has 1 N–H and O–H groups in total. The molecule has 3 rings (SSSR count). The van der Waals surface area contributed by atoms with E-state index in [0.29, 0.717) is 12.6 Å². The molecule has 2 atom stereocenters. The van der Waals surface area contributed by atoms with Crippen molar-refractivity contribution in [2.24, 2.45) is 0 Å². The van der Waals surface area contributed by atoms with Crippen molar-refractivity contribution >= 4 is 5.65 Å². The van der Waals surface area contributed by atoms with Crippen molar-refractivity contribution < 1.29 is 4.74 Å². The van der Waals surface area contributed by atoms with Crippen LogP contribution in [-0.2, 0) is 4.74 Å². The van der Waals surface area contributed by atoms with Crippen molar-refractivity contribution in [3.05, 3.63) is 24.4 Å². The highest BCUT2D eigenvalue weighted by Crippen LogP contribution is 2.24. The summed E-state index contributed by atoms with van der Waals surface area (Å²) in [4.78, 5) is 4.09. The quantitative estimate of drug-likeness (QED) is 0.759. The highest BCUT2D eigenvalue weighted by Gasteiger charge is 2.31. The molecular weight excluding hydrogens is 206 g/mol. The number of hydrogen-bond donors (Lipinski definition) is 1. The topological polar surface area (TPSA) is 64.3 Å². The third-order valence-corrected chi connectivity index (χ3v) is 3.02. The lowest BCUT2D eigenvalue weighted by molar-refractivity contribution is 0.188. The van der Waals surface area contributed by atoms with Crippen LogP contribution in [-0.4, -0.2) is 45.9 Å². The molecule has 0 aliphatic carbocycles. The second-order valence-corrected chi connectivity index (χ2v) is 3.91. The Bertz CT molecular complexity index is 497. The van der Waals surface area contributed by atoms with Gasteiger partial charge in [0.2, 0.25) is 0 Å². The molecule has 2 aromatic rings. The van der Waals surface area contributed by atoms with Gasteiger partial charge in [-0.2, -0.15) is 0 Å². The molecule has 6 nitrogen and oxygen atoms in total. The van der Waals surface area contributed by atoms with Gasteiger partial charge in [-0.05, 0) is 7.05 Å². The molecule has 2 aromatic heterocycles. The molecule has 0 aromatic carbocycles. The van der Waals surface area contributed by atoms with Gasteiger partial charge in [-0.1, -0.05) is 0 Å². The smallest absolute Gasteiger partial charge is 0.163 e. The van der Waals surface area contributed by atoms with Gasteiger partial charge in [0.1, 0.15) is 12.2 Å². The summed E-state index contributed by atoms with van der Waals surface area (Å²) in [5.41, 5.74) is 0.826. The summed E-state index contributed by atoms with van der Waals surface area (Å²) in [6, 6.07) is 2.15. The normalized spacial score (nSPS) is 25.3. The number of hydrogen-bond acceptors (Lipinski definition) is 5. The predicted octanol–water partition coefficient (Wildman–Crippen LogP) is -0.174. The van der Waals surface area contributed by atoms with E-state index in [1.807, 2.05) is 17.5 Å². The fourth-order valence-corrected chi connectivity index (χ4v) is 2.11. The molecule has 84 valence electrons. The van der Waals surface area contributed by atoms with E-state index < -0.39 is 0 Å². The lowest BCUT2D eigenvalue weighted by Gasteiger charge is -2.14. The van der Waals surface area contributed by atoms with Crippen molar-refractivity contribution in [1.29, 1.82) is 0 Å². The van der Waals surface area contributed by atoms with Crippen LogP contribution in [0.5, 0.6) is 0 Å². The third kappa shape index (κ3) is 1.38. The molecule has 0 radical (unpaired) electrons. The molecule has 0 bridgehead atoms. The van der Waals surface area contributed by atoms with Crippen molar-refractivity contribution in [2.75, 3.05) is 20.3 Å². The molecule has 0 spiro atoms. The first-order valence-electron chi connectivity index (χ1n) is 5.30. The second-order valence-electron chi connectivity index (χ2n) is 3.91. The summed E-state index contributed by atoms with van der Waals surface area (Å²) < 4.78 is 7.39. The SMILES string of the molecule is CNC1COCC1c1nnc2ccncn12. The van der Waals surface area contributed by atoms with Crippen LogP contribution in [0.1, 0.15) is 11.7 Å². The average Bonchev–Trinajstić information content (AvgIpc) is 2.94. The number of likely N-dealkylation sites (N-methyl/N-ethyl adjacent to an activating group) is 1. The zero-order chi connectivity index (χ0) is 11.0. The van der Waals surface area contributed by atoms with Gasteiger partial charge in [-0.15, -0.1) is 10.2 Å². The van der Waals surface area contributed by atoms with Gasteiger partial charge in [0.05, 0.1) is 19.1 Å². The van der Waals surface area contributed by atoms with Crippen LogP contribution in [0, 0.1) is 0 Å². The number of fused-ring (bicyclic) bond motifs is 1. The molecule has 16 heavy (non-hydrogen) atoms. The van der Waals surface area contributed by atoms with Crippen LogP contribution in [0.15, 0.2) is 18.6 Å². The fraction of sp³-hybridized carbons (Fsp3) is 0.500. The minimum atomic E-state index is 0.240. The molecule has 3 heterocycles. The largest absolute Gasteiger partial charge is 0.379 e. The summed E-state index contributed by atoms with van der Waals surface area (Å²) in [7, 11) is 1.94. The van der Waals surface area contributed by atoms with Gasteiger partial charge >= 0.3 is 0 Å². The Morgan fingerprint density at radius 2 is 2.38 bits per heavy atom. The molecule has 1 fully saturated rings. The van der Waals surface area contributed by atoms with Gasteiger partial charge in [-0.25, -0.2) is 4.98 Å². The van der Waals surface area contributed by atoms with Crippen molar-refractivity contribution in [2.45, 2.75) is 12.0 Å². The number of nitrogens with zero attached hydrogens (tertiary/aromatic N) is 4. The first kappa shape index (κ1) is 9.68. The zero-order valence-corrected chi connectivity index (χ0v) is 9.00. The maximum atomic E-state index is 5.47. The summed E-state index contributed by atoms with van der Waals surface area (Å²) in [6.45, 7) is 1.40. The number of aromatic nitrogens is 4. The standard InChI is InChI=1S/C10H13N5O/c1-11-8-5-16-4-7(8)10-14-13-9-2-3-12-6-15(9)10/h2-3,6-8,11H,4-5H2,1H3. The van der Waals surface area contributed by atoms with E-state index in [1.54, 1.807) is 12.5 Å². The van der Waals surface area contributed by atoms with Gasteiger partial charge in [0.15, 0.2) is 5.65 Å². The summed E-state index contributed by atoms with van der Waals surface area (Å²) in [5.74, 6) is 1.16. The Morgan fingerprint density at radius 3 is 3.25 bits per heavy atom. The van der Waals surface area contributed by atoms with E-state index in [1.165, 1.54) is 0 Å². The van der Waals surface area contributed by atoms with Gasteiger partial charge in [0.25, 0.3) is 0 Å². The number of ether oxygens (including phenoxy) is 1.